The summed E-state index contributed by atoms with van der Waals surface area (Å²) in [6, 6.07) is 1.18. The lowest BCUT2D eigenvalue weighted by molar-refractivity contribution is -0.274. The van der Waals surface area contributed by atoms with Crippen molar-refractivity contribution in [1.82, 2.24) is 0 Å². The van der Waals surface area contributed by atoms with Crippen LogP contribution in [0.1, 0.15) is 10.4 Å². The molecule has 0 aliphatic carbocycles. The Morgan fingerprint density at radius 1 is 1.33 bits per heavy atom. The number of nitrogens with two attached hydrogens (primary N) is 1. The Bertz CT molecular complexity index is 389. The molecule has 0 saturated heterocycles. The van der Waals surface area contributed by atoms with Gasteiger partial charge in [-0.05, 0) is 6.07 Å². The first-order chi connectivity index (χ1) is 6.83. The molecular weight excluding hydrogens is 218 g/mol. The van der Waals surface area contributed by atoms with Crippen molar-refractivity contribution in [2.45, 2.75) is 6.36 Å². The van der Waals surface area contributed by atoms with E-state index in [0.29, 0.717) is 6.07 Å². The summed E-state index contributed by atoms with van der Waals surface area (Å²) < 4.78 is 51.6. The minimum absolute atomic E-state index is 0.142. The van der Waals surface area contributed by atoms with Crippen LogP contribution in [-0.4, -0.2) is 12.6 Å². The van der Waals surface area contributed by atoms with Gasteiger partial charge in [0.25, 0.3) is 0 Å². The molecule has 1 rings (SSSR count). The van der Waals surface area contributed by atoms with Crippen molar-refractivity contribution in [3.05, 3.63) is 23.5 Å². The van der Waals surface area contributed by atoms with E-state index < -0.39 is 29.2 Å². The molecule has 2 N–H and O–H groups in total. The summed E-state index contributed by atoms with van der Waals surface area (Å²) in [7, 11) is 0. The zero-order valence-corrected chi connectivity index (χ0v) is 7.14. The van der Waals surface area contributed by atoms with Crippen LogP contribution in [0.4, 0.5) is 23.2 Å². The van der Waals surface area contributed by atoms with Crippen LogP contribution >= 0.6 is 0 Å². The van der Waals surface area contributed by atoms with Crippen LogP contribution in [-0.2, 0) is 0 Å². The number of rotatable bonds is 2. The average molecular weight is 223 g/mol. The van der Waals surface area contributed by atoms with Gasteiger partial charge >= 0.3 is 6.36 Å². The van der Waals surface area contributed by atoms with Gasteiger partial charge in [0.2, 0.25) is 0 Å². The molecule has 1 aromatic rings. The van der Waals surface area contributed by atoms with Crippen LogP contribution in [0, 0.1) is 5.82 Å². The molecular formula is C8H5F4NO2. The molecule has 0 bridgehead atoms. The summed E-state index contributed by atoms with van der Waals surface area (Å²) in [5.74, 6) is -2.00. The first kappa shape index (κ1) is 11.3. The van der Waals surface area contributed by atoms with Crippen molar-refractivity contribution in [3.63, 3.8) is 0 Å². The highest BCUT2D eigenvalue weighted by Gasteiger charge is 2.32. The number of hydrogen-bond acceptors (Lipinski definition) is 3. The molecule has 0 heterocycles. The van der Waals surface area contributed by atoms with Gasteiger partial charge in [0.05, 0.1) is 11.3 Å². The van der Waals surface area contributed by atoms with Crippen molar-refractivity contribution in [2.24, 2.45) is 0 Å². The normalized spacial score (nSPS) is 11.2. The van der Waals surface area contributed by atoms with E-state index in [-0.39, 0.29) is 6.29 Å². The topological polar surface area (TPSA) is 52.3 Å². The van der Waals surface area contributed by atoms with E-state index in [1.807, 2.05) is 0 Å². The standard InChI is InChI=1S/C8H5F4NO2/c9-5-2-7(15-8(10,11)12)6(13)1-4(5)3-14/h1-3H,13H2. The fraction of sp³-hybridized carbons (Fsp3) is 0.125. The highest BCUT2D eigenvalue weighted by molar-refractivity contribution is 5.78. The van der Waals surface area contributed by atoms with Crippen molar-refractivity contribution in [1.29, 1.82) is 0 Å². The Morgan fingerprint density at radius 3 is 2.40 bits per heavy atom. The van der Waals surface area contributed by atoms with E-state index in [1.165, 1.54) is 0 Å². The second-order valence-electron chi connectivity index (χ2n) is 2.58. The smallest absolute Gasteiger partial charge is 0.403 e. The summed E-state index contributed by atoms with van der Waals surface area (Å²) in [4.78, 5) is 10.2. The van der Waals surface area contributed by atoms with Crippen LogP contribution in [0.15, 0.2) is 12.1 Å². The minimum Gasteiger partial charge on any atom is -0.403 e. The molecule has 0 aliphatic heterocycles. The second-order valence-corrected chi connectivity index (χ2v) is 2.58. The number of benzene rings is 1. The molecule has 0 radical (unpaired) electrons. The van der Waals surface area contributed by atoms with Crippen molar-refractivity contribution in [3.8, 4) is 5.75 Å². The lowest BCUT2D eigenvalue weighted by Gasteiger charge is -2.11. The van der Waals surface area contributed by atoms with Crippen LogP contribution < -0.4 is 10.5 Å². The van der Waals surface area contributed by atoms with Crippen LogP contribution in [0.2, 0.25) is 0 Å². The maximum atomic E-state index is 12.9. The van der Waals surface area contributed by atoms with Gasteiger partial charge in [-0.1, -0.05) is 0 Å². The van der Waals surface area contributed by atoms with Gasteiger partial charge in [-0.2, -0.15) is 0 Å². The summed E-state index contributed by atoms with van der Waals surface area (Å²) in [5, 5.41) is 0. The number of alkyl halides is 3. The maximum absolute atomic E-state index is 12.9. The molecule has 0 saturated carbocycles. The number of ether oxygens (including phenoxy) is 1. The zero-order valence-electron chi connectivity index (χ0n) is 7.14. The molecule has 0 atom stereocenters. The van der Waals surface area contributed by atoms with E-state index in [0.717, 1.165) is 6.07 Å². The summed E-state index contributed by atoms with van der Waals surface area (Å²) in [5.41, 5.74) is 4.23. The highest BCUT2D eigenvalue weighted by Crippen LogP contribution is 2.30. The number of anilines is 1. The Kier molecular flexibility index (Phi) is 2.83. The number of aldehydes is 1. The lowest BCUT2D eigenvalue weighted by Crippen LogP contribution is -2.18. The van der Waals surface area contributed by atoms with E-state index in [2.05, 4.69) is 4.74 Å². The van der Waals surface area contributed by atoms with E-state index >= 15 is 0 Å². The van der Waals surface area contributed by atoms with E-state index in [9.17, 15) is 22.4 Å². The van der Waals surface area contributed by atoms with Gasteiger partial charge in [-0.15, -0.1) is 13.2 Å². The van der Waals surface area contributed by atoms with Crippen molar-refractivity contribution < 1.29 is 27.1 Å². The van der Waals surface area contributed by atoms with E-state index in [4.69, 9.17) is 5.73 Å². The Labute approximate surface area is 81.4 Å². The Morgan fingerprint density at radius 2 is 1.93 bits per heavy atom. The number of hydrogen-bond donors (Lipinski definition) is 1. The predicted octanol–water partition coefficient (Wildman–Crippen LogP) is 2.12. The van der Waals surface area contributed by atoms with Gasteiger partial charge in [0.15, 0.2) is 12.0 Å². The number of halogens is 4. The third-order valence-electron chi connectivity index (χ3n) is 1.48. The van der Waals surface area contributed by atoms with Crippen LogP contribution in [0.3, 0.4) is 0 Å². The zero-order chi connectivity index (χ0) is 11.6. The van der Waals surface area contributed by atoms with Gasteiger partial charge < -0.3 is 10.5 Å². The molecule has 0 fully saturated rings. The van der Waals surface area contributed by atoms with Gasteiger partial charge in [0.1, 0.15) is 5.82 Å². The van der Waals surface area contributed by atoms with Gasteiger partial charge in [-0.3, -0.25) is 4.79 Å². The molecule has 15 heavy (non-hydrogen) atoms. The molecule has 82 valence electrons. The van der Waals surface area contributed by atoms with Gasteiger partial charge in [-0.25, -0.2) is 4.39 Å². The molecule has 0 aliphatic rings. The average Bonchev–Trinajstić information content (AvgIpc) is 2.08. The Hall–Kier alpha value is -1.79. The lowest BCUT2D eigenvalue weighted by atomic mass is 10.2. The largest absolute Gasteiger partial charge is 0.573 e. The highest BCUT2D eigenvalue weighted by atomic mass is 19.4. The second kappa shape index (κ2) is 3.76. The molecule has 3 nitrogen and oxygen atoms in total. The molecule has 0 unspecified atom stereocenters. The fourth-order valence-electron chi connectivity index (χ4n) is 0.893. The summed E-state index contributed by atoms with van der Waals surface area (Å²) in [6.45, 7) is 0. The summed E-state index contributed by atoms with van der Waals surface area (Å²) >= 11 is 0. The quantitative estimate of drug-likeness (QED) is 0.474. The maximum Gasteiger partial charge on any atom is 0.573 e. The Balaban J connectivity index is 3.11. The first-order valence-corrected chi connectivity index (χ1v) is 3.63. The number of carbonyl (C=O) groups excluding carboxylic acids is 1. The predicted molar refractivity (Wildman–Crippen MR) is 42.9 cm³/mol. The molecule has 0 aromatic heterocycles. The van der Waals surface area contributed by atoms with Crippen molar-refractivity contribution >= 4 is 12.0 Å². The third-order valence-corrected chi connectivity index (χ3v) is 1.48. The third kappa shape index (κ3) is 2.83. The van der Waals surface area contributed by atoms with Crippen LogP contribution in [0.5, 0.6) is 5.75 Å². The number of nitrogen functional groups attached to an aromatic ring is 1. The first-order valence-electron chi connectivity index (χ1n) is 3.63. The molecule has 7 heteroatoms. The number of carbonyl (C=O) groups is 1. The van der Waals surface area contributed by atoms with E-state index in [1.54, 1.807) is 0 Å². The molecule has 0 amide bonds. The van der Waals surface area contributed by atoms with Gasteiger partial charge in [0, 0.05) is 6.07 Å². The summed E-state index contributed by atoms with van der Waals surface area (Å²) in [6.07, 6.45) is -4.81. The van der Waals surface area contributed by atoms with Crippen molar-refractivity contribution in [2.75, 3.05) is 5.73 Å². The molecule has 1 aromatic carbocycles. The minimum atomic E-state index is -4.96. The van der Waals surface area contributed by atoms with Crippen LogP contribution in [0.25, 0.3) is 0 Å². The fourth-order valence-corrected chi connectivity index (χ4v) is 0.893. The monoisotopic (exact) mass is 223 g/mol. The molecule has 0 spiro atoms. The SMILES string of the molecule is Nc1cc(C=O)c(F)cc1OC(F)(F)F.